The van der Waals surface area contributed by atoms with Gasteiger partial charge in [-0.25, -0.2) is 8.42 Å². The van der Waals surface area contributed by atoms with Crippen LogP contribution in [0.1, 0.15) is 33.1 Å². The summed E-state index contributed by atoms with van der Waals surface area (Å²) in [6.45, 7) is 4.44. The van der Waals surface area contributed by atoms with Crippen LogP contribution in [0.4, 0.5) is 0 Å². The lowest BCUT2D eigenvalue weighted by Crippen LogP contribution is -2.39. The Hall–Kier alpha value is 0.200. The summed E-state index contributed by atoms with van der Waals surface area (Å²) in [4.78, 5) is 0. The second-order valence-electron chi connectivity index (χ2n) is 5.86. The van der Waals surface area contributed by atoms with Gasteiger partial charge in [0.1, 0.15) is 0 Å². The molecule has 1 heterocycles. The van der Waals surface area contributed by atoms with Gasteiger partial charge in [-0.15, -0.1) is 3.82 Å². The van der Waals surface area contributed by atoms with Gasteiger partial charge in [-0.1, -0.05) is 13.8 Å². The zero-order chi connectivity index (χ0) is 11.1. The third-order valence-electron chi connectivity index (χ3n) is 5.34. The van der Waals surface area contributed by atoms with Crippen molar-refractivity contribution in [2.75, 3.05) is 5.75 Å². The molecule has 86 valence electrons. The molecule has 3 nitrogen and oxygen atoms in total. The number of nitrogens with zero attached hydrogens (tertiary/aromatic N) is 1. The molecule has 2 unspecified atom stereocenters. The average molecular weight is 250 g/mol. The van der Waals surface area contributed by atoms with Crippen molar-refractivity contribution >= 4 is 21.8 Å². The average Bonchev–Trinajstić information content (AvgIpc) is 2.56. The summed E-state index contributed by atoms with van der Waals surface area (Å²) in [6, 6.07) is 0.0536. The maximum atomic E-state index is 11.8. The fraction of sp³-hybridized carbons (Fsp3) is 1.00. The van der Waals surface area contributed by atoms with E-state index in [1.807, 2.05) is 0 Å². The Balaban J connectivity index is 2.16. The summed E-state index contributed by atoms with van der Waals surface area (Å²) in [5, 5.41) is 0. The van der Waals surface area contributed by atoms with Crippen LogP contribution in [0.5, 0.6) is 0 Å². The topological polar surface area (TPSA) is 37.4 Å². The van der Waals surface area contributed by atoms with Crippen molar-refractivity contribution in [3.8, 4) is 0 Å². The molecule has 5 heteroatoms. The van der Waals surface area contributed by atoms with Crippen molar-refractivity contribution in [1.82, 2.24) is 3.82 Å². The third kappa shape index (κ3) is 0.949. The van der Waals surface area contributed by atoms with Gasteiger partial charge in [-0.3, -0.25) is 0 Å². The molecule has 2 bridgehead atoms. The molecule has 0 radical (unpaired) electrons. The lowest BCUT2D eigenvalue weighted by atomic mass is 9.69. The number of fused-ring (bicyclic) bond motifs is 1. The van der Waals surface area contributed by atoms with E-state index < -0.39 is 10.0 Å². The van der Waals surface area contributed by atoms with E-state index >= 15 is 0 Å². The van der Waals surface area contributed by atoms with Crippen molar-refractivity contribution < 1.29 is 8.42 Å². The third-order valence-corrected chi connectivity index (χ3v) is 7.87. The molecule has 1 saturated heterocycles. The van der Waals surface area contributed by atoms with Crippen molar-refractivity contribution in [1.29, 1.82) is 0 Å². The maximum Gasteiger partial charge on any atom is 0.228 e. The second-order valence-corrected chi connectivity index (χ2v) is 8.27. The number of hydrogen-bond donors (Lipinski definition) is 0. The summed E-state index contributed by atoms with van der Waals surface area (Å²) in [5.41, 5.74) is 0.0621. The smallest absolute Gasteiger partial charge is 0.211 e. The first-order valence-electron chi connectivity index (χ1n) is 5.49. The van der Waals surface area contributed by atoms with E-state index in [0.29, 0.717) is 5.92 Å². The van der Waals surface area contributed by atoms with E-state index in [-0.39, 0.29) is 22.6 Å². The molecule has 0 amide bonds. The molecule has 1 spiro atoms. The molecule has 2 aliphatic carbocycles. The first kappa shape index (κ1) is 10.4. The Kier molecular flexibility index (Phi) is 1.76. The highest BCUT2D eigenvalue weighted by atomic mass is 35.5. The second kappa shape index (κ2) is 2.54. The normalized spacial score (nSPS) is 50.9. The summed E-state index contributed by atoms with van der Waals surface area (Å²) < 4.78 is 24.8. The largest absolute Gasteiger partial charge is 0.228 e. The SMILES string of the molecule is CC1(C)C2CC[C@@]13CS(=O)(=O)N(Cl)C3C2. The predicted molar refractivity (Wildman–Crippen MR) is 58.8 cm³/mol. The summed E-state index contributed by atoms with van der Waals surface area (Å²) in [7, 11) is -3.20. The van der Waals surface area contributed by atoms with Crippen LogP contribution in [0.2, 0.25) is 0 Å². The van der Waals surface area contributed by atoms with Gasteiger partial charge >= 0.3 is 0 Å². The van der Waals surface area contributed by atoms with Gasteiger partial charge in [0, 0.05) is 11.5 Å². The van der Waals surface area contributed by atoms with Gasteiger partial charge in [-0.2, -0.15) is 0 Å². The molecule has 2 saturated carbocycles. The molecule has 15 heavy (non-hydrogen) atoms. The molecule has 3 rings (SSSR count). The van der Waals surface area contributed by atoms with Crippen molar-refractivity contribution in [2.45, 2.75) is 39.2 Å². The lowest BCUT2D eigenvalue weighted by molar-refractivity contribution is 0.133. The highest BCUT2D eigenvalue weighted by molar-refractivity contribution is 7.90. The van der Waals surface area contributed by atoms with E-state index in [1.54, 1.807) is 0 Å². The van der Waals surface area contributed by atoms with Crippen LogP contribution < -0.4 is 0 Å². The van der Waals surface area contributed by atoms with Crippen LogP contribution in [0.3, 0.4) is 0 Å². The van der Waals surface area contributed by atoms with Crippen molar-refractivity contribution in [2.24, 2.45) is 16.7 Å². The monoisotopic (exact) mass is 249 g/mol. The lowest BCUT2D eigenvalue weighted by Gasteiger charge is -2.36. The Morgan fingerprint density at radius 3 is 2.60 bits per heavy atom. The summed E-state index contributed by atoms with van der Waals surface area (Å²) in [5.74, 6) is 0.914. The molecule has 0 aromatic rings. The Labute approximate surface area is 95.9 Å². The van der Waals surface area contributed by atoms with Gasteiger partial charge < -0.3 is 0 Å². The molecule has 3 atom stereocenters. The quantitative estimate of drug-likeness (QED) is 0.616. The van der Waals surface area contributed by atoms with Gasteiger partial charge in [0.2, 0.25) is 10.0 Å². The zero-order valence-corrected chi connectivity index (χ0v) is 10.6. The maximum absolute atomic E-state index is 11.8. The molecule has 3 aliphatic rings. The van der Waals surface area contributed by atoms with Gasteiger partial charge in [-0.05, 0) is 42.4 Å². The van der Waals surface area contributed by atoms with Gasteiger partial charge in [0.15, 0.2) is 0 Å². The molecular weight excluding hydrogens is 234 g/mol. The van der Waals surface area contributed by atoms with Gasteiger partial charge in [0.25, 0.3) is 0 Å². The Bertz CT molecular complexity index is 419. The first-order valence-corrected chi connectivity index (χ1v) is 7.44. The van der Waals surface area contributed by atoms with Crippen molar-refractivity contribution in [3.63, 3.8) is 0 Å². The van der Waals surface area contributed by atoms with Crippen LogP contribution in [0.15, 0.2) is 0 Å². The molecule has 0 aromatic heterocycles. The van der Waals surface area contributed by atoms with Crippen LogP contribution in [0, 0.1) is 16.7 Å². The van der Waals surface area contributed by atoms with Gasteiger partial charge in [0.05, 0.1) is 5.75 Å². The minimum Gasteiger partial charge on any atom is -0.211 e. The fourth-order valence-electron chi connectivity index (χ4n) is 4.24. The fourth-order valence-corrected chi connectivity index (χ4v) is 6.81. The number of rotatable bonds is 0. The number of halogens is 1. The molecular formula is C10H16ClNO2S. The number of hydrogen-bond acceptors (Lipinski definition) is 2. The standard InChI is InChI=1S/C10H16ClNO2S/c1-9(2)7-3-4-10(9)6-15(13,14)12(11)8(10)5-7/h7-8H,3-6H2,1-2H3/t7?,8?,10-/m0/s1. The van der Waals surface area contributed by atoms with E-state index in [2.05, 4.69) is 13.8 Å². The van der Waals surface area contributed by atoms with E-state index in [4.69, 9.17) is 11.8 Å². The summed E-state index contributed by atoms with van der Waals surface area (Å²) in [6.07, 6.45) is 3.15. The van der Waals surface area contributed by atoms with Crippen LogP contribution >= 0.6 is 11.8 Å². The molecule has 0 N–H and O–H groups in total. The first-order chi connectivity index (χ1) is 6.81. The van der Waals surface area contributed by atoms with E-state index in [0.717, 1.165) is 16.7 Å². The Morgan fingerprint density at radius 1 is 1.40 bits per heavy atom. The highest BCUT2D eigenvalue weighted by Crippen LogP contribution is 2.70. The zero-order valence-electron chi connectivity index (χ0n) is 9.03. The minimum absolute atomic E-state index is 0.0536. The summed E-state index contributed by atoms with van der Waals surface area (Å²) >= 11 is 5.97. The molecule has 0 aromatic carbocycles. The van der Waals surface area contributed by atoms with Crippen LogP contribution in [-0.2, 0) is 10.0 Å². The van der Waals surface area contributed by atoms with E-state index in [1.165, 1.54) is 6.42 Å². The number of sulfonamides is 1. The van der Waals surface area contributed by atoms with Crippen LogP contribution in [0.25, 0.3) is 0 Å². The van der Waals surface area contributed by atoms with E-state index in [9.17, 15) is 8.42 Å². The Morgan fingerprint density at radius 2 is 2.07 bits per heavy atom. The van der Waals surface area contributed by atoms with Crippen molar-refractivity contribution in [3.05, 3.63) is 0 Å². The predicted octanol–water partition coefficient (Wildman–Crippen LogP) is 1.98. The molecule has 3 fully saturated rings. The van der Waals surface area contributed by atoms with Crippen LogP contribution in [-0.4, -0.2) is 24.0 Å². The minimum atomic E-state index is -3.20. The molecule has 1 aliphatic heterocycles. The highest BCUT2D eigenvalue weighted by Gasteiger charge is 2.71.